The van der Waals surface area contributed by atoms with Gasteiger partial charge in [-0.05, 0) is 119 Å². The number of likely N-dealkylation sites (tertiary alicyclic amines) is 1. The van der Waals surface area contributed by atoms with E-state index in [1.807, 2.05) is 64.1 Å². The molecule has 2 fully saturated rings. The molecule has 0 bridgehead atoms. The molecule has 1 saturated heterocycles. The number of halogens is 2. The van der Waals surface area contributed by atoms with Gasteiger partial charge in [-0.1, -0.05) is 53.5 Å². The summed E-state index contributed by atoms with van der Waals surface area (Å²) in [6, 6.07) is 18.0. The molecule has 9 heteroatoms. The Labute approximate surface area is 289 Å². The zero-order valence-electron chi connectivity index (χ0n) is 28.3. The van der Waals surface area contributed by atoms with Gasteiger partial charge in [0.2, 0.25) is 5.91 Å². The summed E-state index contributed by atoms with van der Waals surface area (Å²) >= 11 is 12.6. The van der Waals surface area contributed by atoms with Crippen LogP contribution in [0.4, 0.5) is 4.79 Å². The number of nitrogens with zero attached hydrogens (tertiary/aromatic N) is 2. The van der Waals surface area contributed by atoms with Crippen molar-refractivity contribution in [2.45, 2.75) is 84.9 Å². The number of piperidine rings is 1. The molecule has 3 aromatic carbocycles. The summed E-state index contributed by atoms with van der Waals surface area (Å²) < 4.78 is 17.5. The van der Waals surface area contributed by atoms with Crippen LogP contribution in [0.5, 0.6) is 11.5 Å². The monoisotopic (exact) mass is 680 g/mol. The maximum Gasteiger partial charge on any atom is 0.410 e. The number of rotatable bonds is 10. The van der Waals surface area contributed by atoms with Crippen LogP contribution in [0, 0.1) is 26.7 Å². The average molecular weight is 682 g/mol. The van der Waals surface area contributed by atoms with E-state index in [9.17, 15) is 9.59 Å². The van der Waals surface area contributed by atoms with Crippen LogP contribution < -0.4 is 9.47 Å². The first-order chi connectivity index (χ1) is 22.3. The molecule has 1 heterocycles. The predicted molar refractivity (Wildman–Crippen MR) is 187 cm³/mol. The summed E-state index contributed by atoms with van der Waals surface area (Å²) in [4.78, 5) is 31.5. The Morgan fingerprint density at radius 1 is 0.915 bits per heavy atom. The van der Waals surface area contributed by atoms with E-state index in [0.29, 0.717) is 54.2 Å². The van der Waals surface area contributed by atoms with Crippen molar-refractivity contribution in [3.63, 3.8) is 0 Å². The number of hydrogen-bond donors (Lipinski definition) is 0. The lowest BCUT2D eigenvalue weighted by atomic mass is 9.79. The molecular weight excluding hydrogens is 635 g/mol. The second kappa shape index (κ2) is 14.8. The molecule has 0 N–H and O–H groups in total. The lowest BCUT2D eigenvalue weighted by Crippen LogP contribution is -2.51. The molecule has 1 saturated carbocycles. The number of aryl methyl sites for hydroxylation is 2. The zero-order chi connectivity index (χ0) is 33.9. The van der Waals surface area contributed by atoms with E-state index in [1.165, 1.54) is 16.7 Å². The molecule has 1 aliphatic heterocycles. The summed E-state index contributed by atoms with van der Waals surface area (Å²) in [7, 11) is 0. The van der Waals surface area contributed by atoms with Crippen molar-refractivity contribution in [1.82, 2.24) is 9.80 Å². The van der Waals surface area contributed by atoms with Crippen molar-refractivity contribution >= 4 is 35.2 Å². The van der Waals surface area contributed by atoms with E-state index >= 15 is 0 Å². The van der Waals surface area contributed by atoms with Crippen molar-refractivity contribution in [2.75, 3.05) is 26.3 Å². The third-order valence-electron chi connectivity index (χ3n) is 8.96. The van der Waals surface area contributed by atoms with Crippen LogP contribution in [0.15, 0.2) is 54.6 Å². The minimum Gasteiger partial charge on any atom is -0.490 e. The highest BCUT2D eigenvalue weighted by atomic mass is 35.5. The topological polar surface area (TPSA) is 68.3 Å². The Morgan fingerprint density at radius 2 is 1.57 bits per heavy atom. The minimum atomic E-state index is -0.615. The third kappa shape index (κ3) is 8.94. The fraction of sp³-hybridized carbons (Fsp3) is 0.474. The van der Waals surface area contributed by atoms with E-state index in [1.54, 1.807) is 4.90 Å². The molecule has 5 rings (SSSR count). The molecule has 2 unspecified atom stereocenters. The van der Waals surface area contributed by atoms with Crippen LogP contribution in [-0.2, 0) is 16.1 Å². The molecule has 2 aliphatic rings. The molecule has 0 spiro atoms. The quantitative estimate of drug-likeness (QED) is 0.200. The fourth-order valence-electron chi connectivity index (χ4n) is 6.19. The number of amides is 2. The molecule has 0 aromatic heterocycles. The van der Waals surface area contributed by atoms with Gasteiger partial charge in [0.1, 0.15) is 24.6 Å². The Bertz CT molecular complexity index is 1560. The van der Waals surface area contributed by atoms with Gasteiger partial charge < -0.3 is 24.0 Å². The van der Waals surface area contributed by atoms with Crippen molar-refractivity contribution in [1.29, 1.82) is 0 Å². The molecule has 2 atom stereocenters. The van der Waals surface area contributed by atoms with Gasteiger partial charge in [0.25, 0.3) is 0 Å². The summed E-state index contributed by atoms with van der Waals surface area (Å²) in [5, 5.41) is 0.936. The van der Waals surface area contributed by atoms with Gasteiger partial charge in [0, 0.05) is 25.7 Å². The summed E-state index contributed by atoms with van der Waals surface area (Å²) in [5.74, 6) is 0.791. The molecule has 1 aliphatic carbocycles. The zero-order valence-corrected chi connectivity index (χ0v) is 29.8. The molecule has 0 radical (unpaired) electrons. The molecule has 47 heavy (non-hydrogen) atoms. The van der Waals surface area contributed by atoms with E-state index in [4.69, 9.17) is 37.4 Å². The highest BCUT2D eigenvalue weighted by Gasteiger charge is 2.43. The van der Waals surface area contributed by atoms with Crippen molar-refractivity contribution in [3.8, 4) is 11.5 Å². The second-order valence-electron chi connectivity index (χ2n) is 13.8. The maximum atomic E-state index is 14.5. The van der Waals surface area contributed by atoms with Crippen LogP contribution in [0.2, 0.25) is 10.0 Å². The van der Waals surface area contributed by atoms with E-state index in [0.717, 1.165) is 24.0 Å². The van der Waals surface area contributed by atoms with Crippen LogP contribution in [0.25, 0.3) is 0 Å². The molecule has 252 valence electrons. The number of benzene rings is 3. The van der Waals surface area contributed by atoms with Crippen LogP contribution in [-0.4, -0.2) is 59.7 Å². The van der Waals surface area contributed by atoms with Crippen LogP contribution in [0.1, 0.15) is 73.8 Å². The average Bonchev–Trinajstić information content (AvgIpc) is 3.85. The smallest absolute Gasteiger partial charge is 0.410 e. The van der Waals surface area contributed by atoms with E-state index in [2.05, 4.69) is 36.9 Å². The second-order valence-corrected chi connectivity index (χ2v) is 14.6. The van der Waals surface area contributed by atoms with Gasteiger partial charge in [0.15, 0.2) is 5.75 Å². The largest absolute Gasteiger partial charge is 0.490 e. The van der Waals surface area contributed by atoms with Crippen molar-refractivity contribution in [3.05, 3.63) is 92.5 Å². The number of carbonyl (C=O) groups is 2. The molecule has 7 nitrogen and oxygen atoms in total. The standard InChI is InChI=1S/C38H46Cl2N2O5/c1-24-20-33(39)35(34(40)21-24)46-19-18-45-30-14-10-27(11-15-30)31-16-17-41(37(44)47-38(4,5)6)23-32(31)36(43)42(29-12-13-29)22-28-9-7-8-25(2)26(28)3/h7-11,14-15,20-21,29,31-32H,12-13,16-19,22-23H2,1-6H3. The Balaban J connectivity index is 1.30. The Hall–Kier alpha value is -3.42. The third-order valence-corrected chi connectivity index (χ3v) is 9.52. The Morgan fingerprint density at radius 3 is 2.21 bits per heavy atom. The lowest BCUT2D eigenvalue weighted by molar-refractivity contribution is -0.139. The van der Waals surface area contributed by atoms with Gasteiger partial charge >= 0.3 is 6.09 Å². The molecular formula is C38H46Cl2N2O5. The maximum absolute atomic E-state index is 14.5. The highest BCUT2D eigenvalue weighted by Crippen LogP contribution is 2.39. The first-order valence-corrected chi connectivity index (χ1v) is 17.2. The fourth-order valence-corrected chi connectivity index (χ4v) is 6.89. The van der Waals surface area contributed by atoms with Gasteiger partial charge in [-0.2, -0.15) is 0 Å². The summed E-state index contributed by atoms with van der Waals surface area (Å²) in [5.41, 5.74) is 5.00. The van der Waals surface area contributed by atoms with Crippen molar-refractivity contribution < 1.29 is 23.8 Å². The molecule has 2 amide bonds. The minimum absolute atomic E-state index is 0.0516. The van der Waals surface area contributed by atoms with Crippen LogP contribution in [0.3, 0.4) is 0 Å². The Kier molecular flexibility index (Phi) is 11.0. The van der Waals surface area contributed by atoms with Crippen LogP contribution >= 0.6 is 23.2 Å². The first kappa shape index (κ1) is 34.9. The van der Waals surface area contributed by atoms with E-state index in [-0.39, 0.29) is 30.6 Å². The SMILES string of the molecule is Cc1cc(Cl)c(OCCOc2ccc(C3CCN(C(=O)OC(C)(C)C)CC3C(=O)N(Cc3cccc(C)c3C)C3CC3)cc2)c(Cl)c1. The van der Waals surface area contributed by atoms with Crippen molar-refractivity contribution in [2.24, 2.45) is 5.92 Å². The number of carbonyl (C=O) groups excluding carboxylic acids is 2. The number of hydrogen-bond acceptors (Lipinski definition) is 5. The lowest BCUT2D eigenvalue weighted by Gasteiger charge is -2.40. The van der Waals surface area contributed by atoms with Gasteiger partial charge in [0.05, 0.1) is 16.0 Å². The molecule has 3 aromatic rings. The predicted octanol–water partition coefficient (Wildman–Crippen LogP) is 8.91. The van der Waals surface area contributed by atoms with E-state index < -0.39 is 11.5 Å². The van der Waals surface area contributed by atoms with Gasteiger partial charge in [-0.3, -0.25) is 4.79 Å². The highest BCUT2D eigenvalue weighted by molar-refractivity contribution is 6.37. The normalized spacial score (nSPS) is 18.1. The summed E-state index contributed by atoms with van der Waals surface area (Å²) in [6.07, 6.45) is 2.29. The van der Waals surface area contributed by atoms with Gasteiger partial charge in [-0.25, -0.2) is 4.79 Å². The first-order valence-electron chi connectivity index (χ1n) is 16.5. The van der Waals surface area contributed by atoms with Gasteiger partial charge in [-0.15, -0.1) is 0 Å². The summed E-state index contributed by atoms with van der Waals surface area (Å²) in [6.45, 7) is 13.7. The number of ether oxygens (including phenoxy) is 3.